The fourth-order valence-corrected chi connectivity index (χ4v) is 5.28. The fourth-order valence-electron chi connectivity index (χ4n) is 5.28. The molecule has 2 heterocycles. The summed E-state index contributed by atoms with van der Waals surface area (Å²) in [5.41, 5.74) is -3.33. The average Bonchev–Trinajstić information content (AvgIpc) is 3.40. The largest absolute Gasteiger partial charge is 0.418 e. The molecule has 1 saturated heterocycles. The van der Waals surface area contributed by atoms with Crippen molar-refractivity contribution in [3.63, 3.8) is 0 Å². The number of nitrogens with one attached hydrogen (secondary N) is 3. The van der Waals surface area contributed by atoms with Crippen LogP contribution in [0.5, 0.6) is 0 Å². The molecule has 1 fully saturated rings. The third-order valence-corrected chi connectivity index (χ3v) is 7.10. The van der Waals surface area contributed by atoms with Gasteiger partial charge in [0.1, 0.15) is 17.9 Å². The van der Waals surface area contributed by atoms with E-state index in [-0.39, 0.29) is 25.3 Å². The molecule has 3 N–H and O–H groups in total. The van der Waals surface area contributed by atoms with E-state index in [9.17, 15) is 42.0 Å². The van der Waals surface area contributed by atoms with Gasteiger partial charge in [-0.25, -0.2) is 4.39 Å². The number of benzene rings is 2. The van der Waals surface area contributed by atoms with Gasteiger partial charge in [0.05, 0.1) is 22.7 Å². The lowest BCUT2D eigenvalue weighted by Gasteiger charge is -2.31. The highest BCUT2D eigenvalue weighted by atomic mass is 19.4. The van der Waals surface area contributed by atoms with Gasteiger partial charge in [0.15, 0.2) is 0 Å². The molecule has 0 aliphatic carbocycles. The third kappa shape index (κ3) is 5.73. The van der Waals surface area contributed by atoms with Crippen molar-refractivity contribution in [3.8, 4) is 6.07 Å². The molecule has 2 aliphatic heterocycles. The molecule has 2 aromatic carbocycles. The number of alkyl halides is 3. The normalized spacial score (nSPS) is 20.7. The van der Waals surface area contributed by atoms with E-state index in [2.05, 4.69) is 10.6 Å². The van der Waals surface area contributed by atoms with Crippen LogP contribution in [-0.2, 0) is 30.8 Å². The lowest BCUT2D eigenvalue weighted by atomic mass is 9.80. The SMILES string of the molecule is CC(C)(C)C[C@H](NC(=O)C(=O)Nc1c(F)cccc1C(F)(F)F)C(=O)N1C[C@]2(C[C@H]1C#N)C(=O)Nc1ccccc12. The van der Waals surface area contributed by atoms with Crippen LogP contribution in [0, 0.1) is 22.6 Å². The van der Waals surface area contributed by atoms with Crippen molar-refractivity contribution in [2.75, 3.05) is 17.2 Å². The van der Waals surface area contributed by atoms with Gasteiger partial charge in [-0.2, -0.15) is 18.4 Å². The zero-order valence-corrected chi connectivity index (χ0v) is 22.4. The maximum atomic E-state index is 14.2. The van der Waals surface area contributed by atoms with Gasteiger partial charge in [0.2, 0.25) is 11.8 Å². The predicted octanol–water partition coefficient (Wildman–Crippen LogP) is 3.72. The predicted molar refractivity (Wildman–Crippen MR) is 139 cm³/mol. The molecule has 3 atom stereocenters. The Kier molecular flexibility index (Phi) is 7.55. The number of amides is 4. The number of rotatable bonds is 4. The number of nitrogens with zero attached hydrogens (tertiary/aromatic N) is 2. The number of likely N-dealkylation sites (tertiary alicyclic amines) is 1. The molecule has 0 radical (unpaired) electrons. The van der Waals surface area contributed by atoms with Crippen LogP contribution in [-0.4, -0.2) is 47.2 Å². The number of para-hydroxylation sites is 2. The highest BCUT2D eigenvalue weighted by Gasteiger charge is 2.56. The van der Waals surface area contributed by atoms with Crippen molar-refractivity contribution < 1.29 is 36.7 Å². The molecule has 216 valence electrons. The van der Waals surface area contributed by atoms with Gasteiger partial charge in [-0.15, -0.1) is 0 Å². The van der Waals surface area contributed by atoms with E-state index in [1.165, 1.54) is 4.90 Å². The Labute approximate surface area is 232 Å². The van der Waals surface area contributed by atoms with E-state index >= 15 is 0 Å². The summed E-state index contributed by atoms with van der Waals surface area (Å²) in [6.45, 7) is 5.09. The van der Waals surface area contributed by atoms with Gasteiger partial charge in [0.25, 0.3) is 0 Å². The fraction of sp³-hybridized carbons (Fsp3) is 0.393. The van der Waals surface area contributed by atoms with Gasteiger partial charge in [-0.1, -0.05) is 45.0 Å². The molecule has 13 heteroatoms. The molecule has 0 unspecified atom stereocenters. The first-order chi connectivity index (χ1) is 19.1. The Morgan fingerprint density at radius 1 is 1.12 bits per heavy atom. The Morgan fingerprint density at radius 3 is 2.44 bits per heavy atom. The highest BCUT2D eigenvalue weighted by Crippen LogP contribution is 2.46. The van der Waals surface area contributed by atoms with E-state index in [4.69, 9.17) is 0 Å². The van der Waals surface area contributed by atoms with Crippen LogP contribution in [0.25, 0.3) is 0 Å². The van der Waals surface area contributed by atoms with Crippen LogP contribution in [0.3, 0.4) is 0 Å². The van der Waals surface area contributed by atoms with Crippen LogP contribution in [0.4, 0.5) is 28.9 Å². The highest BCUT2D eigenvalue weighted by molar-refractivity contribution is 6.40. The number of carbonyl (C=O) groups excluding carboxylic acids is 4. The number of anilines is 2. The van der Waals surface area contributed by atoms with Crippen molar-refractivity contribution in [1.82, 2.24) is 10.2 Å². The molecule has 2 aromatic rings. The zero-order chi connectivity index (χ0) is 30.3. The van der Waals surface area contributed by atoms with Crippen LogP contribution < -0.4 is 16.0 Å². The zero-order valence-electron chi connectivity index (χ0n) is 22.4. The van der Waals surface area contributed by atoms with Gasteiger partial charge >= 0.3 is 18.0 Å². The summed E-state index contributed by atoms with van der Waals surface area (Å²) < 4.78 is 54.3. The van der Waals surface area contributed by atoms with E-state index in [0.717, 1.165) is 6.07 Å². The summed E-state index contributed by atoms with van der Waals surface area (Å²) in [7, 11) is 0. The van der Waals surface area contributed by atoms with E-state index in [1.807, 2.05) is 6.07 Å². The summed E-state index contributed by atoms with van der Waals surface area (Å²) in [6, 6.07) is 8.55. The Hall–Kier alpha value is -4.47. The lowest BCUT2D eigenvalue weighted by molar-refractivity contribution is -0.141. The molecule has 0 saturated carbocycles. The van der Waals surface area contributed by atoms with E-state index in [0.29, 0.717) is 23.4 Å². The van der Waals surface area contributed by atoms with Crippen molar-refractivity contribution in [3.05, 3.63) is 59.4 Å². The van der Waals surface area contributed by atoms with Crippen molar-refractivity contribution >= 4 is 35.0 Å². The second-order valence-corrected chi connectivity index (χ2v) is 11.3. The molecule has 0 aromatic heterocycles. The van der Waals surface area contributed by atoms with Gasteiger partial charge in [-0.05, 0) is 35.6 Å². The van der Waals surface area contributed by atoms with E-state index < -0.39 is 63.9 Å². The number of fused-ring (bicyclic) bond motifs is 2. The van der Waals surface area contributed by atoms with E-state index in [1.54, 1.807) is 50.4 Å². The third-order valence-electron chi connectivity index (χ3n) is 7.10. The maximum Gasteiger partial charge on any atom is 0.418 e. The Balaban J connectivity index is 1.59. The second kappa shape index (κ2) is 10.5. The molecule has 1 spiro atoms. The lowest BCUT2D eigenvalue weighted by Crippen LogP contribution is -2.53. The molecule has 41 heavy (non-hydrogen) atoms. The van der Waals surface area contributed by atoms with Gasteiger partial charge in [-0.3, -0.25) is 19.2 Å². The summed E-state index contributed by atoms with van der Waals surface area (Å²) >= 11 is 0. The molecular formula is C28H27F4N5O4. The average molecular weight is 574 g/mol. The minimum Gasteiger partial charge on any atom is -0.336 e. The van der Waals surface area contributed by atoms with Crippen molar-refractivity contribution in [2.24, 2.45) is 5.41 Å². The number of hydrogen-bond acceptors (Lipinski definition) is 5. The molecule has 2 aliphatic rings. The standard InChI is InChI=1S/C28H27F4N5O4/c1-26(2,3)12-20(34-22(38)23(39)36-21-17(28(30,31)32)8-6-9-18(21)29)24(40)37-14-27(11-15(37)13-33)16-7-4-5-10-19(16)35-25(27)41/h4-10,15,20H,11-12,14H2,1-3H3,(H,34,38)(H,35,41)(H,36,39)/t15-,20-,27-/m0/s1. The minimum atomic E-state index is -5.02. The number of carbonyl (C=O) groups is 4. The van der Waals surface area contributed by atoms with Crippen LogP contribution in [0.15, 0.2) is 42.5 Å². The second-order valence-electron chi connectivity index (χ2n) is 11.3. The molecule has 4 amide bonds. The van der Waals surface area contributed by atoms with Gasteiger partial charge in [0, 0.05) is 18.7 Å². The summed E-state index contributed by atoms with van der Waals surface area (Å²) in [5, 5.41) is 16.6. The summed E-state index contributed by atoms with van der Waals surface area (Å²) in [4.78, 5) is 53.5. The van der Waals surface area contributed by atoms with Crippen LogP contribution in [0.2, 0.25) is 0 Å². The minimum absolute atomic E-state index is 0.00224. The topological polar surface area (TPSA) is 131 Å². The maximum absolute atomic E-state index is 14.2. The Morgan fingerprint density at radius 2 is 1.80 bits per heavy atom. The van der Waals surface area contributed by atoms with Gasteiger partial charge < -0.3 is 20.9 Å². The molecule has 0 bridgehead atoms. The van der Waals surface area contributed by atoms with Crippen molar-refractivity contribution in [1.29, 1.82) is 5.26 Å². The first-order valence-electron chi connectivity index (χ1n) is 12.7. The summed E-state index contributed by atoms with van der Waals surface area (Å²) in [6.07, 6.45) is -5.04. The quantitative estimate of drug-likeness (QED) is 0.379. The van der Waals surface area contributed by atoms with Crippen LogP contribution in [0.1, 0.15) is 44.7 Å². The smallest absolute Gasteiger partial charge is 0.336 e. The molecule has 9 nitrogen and oxygen atoms in total. The monoisotopic (exact) mass is 573 g/mol. The Bertz CT molecular complexity index is 1460. The molecular weight excluding hydrogens is 546 g/mol. The number of hydrogen-bond donors (Lipinski definition) is 3. The van der Waals surface area contributed by atoms with Crippen LogP contribution >= 0.6 is 0 Å². The molecule has 4 rings (SSSR count). The summed E-state index contributed by atoms with van der Waals surface area (Å²) in [5.74, 6) is -5.63. The number of halogens is 4. The first kappa shape index (κ1) is 29.5. The van der Waals surface area contributed by atoms with Crippen molar-refractivity contribution in [2.45, 2.75) is 57.3 Å². The number of nitriles is 1. The first-order valence-corrected chi connectivity index (χ1v) is 12.7.